The van der Waals surface area contributed by atoms with Crippen LogP contribution in [-0.2, 0) is 0 Å². The van der Waals surface area contributed by atoms with E-state index in [0.29, 0.717) is 24.7 Å². The van der Waals surface area contributed by atoms with Crippen LogP contribution in [0.4, 0.5) is 0 Å². The van der Waals surface area contributed by atoms with Gasteiger partial charge in [0.05, 0.1) is 19.8 Å². The lowest BCUT2D eigenvalue weighted by molar-refractivity contribution is 0.0526. The molecule has 2 bridgehead atoms. The Morgan fingerprint density at radius 3 is 2.52 bits per heavy atom. The first-order valence-electron chi connectivity index (χ1n) is 10.2. The van der Waals surface area contributed by atoms with Crippen molar-refractivity contribution < 1.29 is 9.84 Å². The van der Waals surface area contributed by atoms with Gasteiger partial charge in [0.25, 0.3) is 0 Å². The maximum absolute atomic E-state index is 10.5. The first-order chi connectivity index (χ1) is 13.1. The molecule has 0 aromatic heterocycles. The Morgan fingerprint density at radius 2 is 1.93 bits per heavy atom. The Labute approximate surface area is 163 Å². The van der Waals surface area contributed by atoms with Gasteiger partial charge in [0.2, 0.25) is 0 Å². The lowest BCUT2D eigenvalue weighted by Crippen LogP contribution is -2.56. The number of guanidine groups is 1. The number of nitrogens with one attached hydrogen (secondary N) is 2. The molecule has 3 unspecified atom stereocenters. The first kappa shape index (κ1) is 20.0. The summed E-state index contributed by atoms with van der Waals surface area (Å²) in [5.74, 6) is 1.59. The number of benzene rings is 1. The summed E-state index contributed by atoms with van der Waals surface area (Å²) in [6.07, 6.45) is 5.67. The van der Waals surface area contributed by atoms with Crippen molar-refractivity contribution >= 4 is 5.96 Å². The number of fused-ring (bicyclic) bond motifs is 2. The second kappa shape index (κ2) is 9.42. The number of methoxy groups -OCH3 is 1. The predicted molar refractivity (Wildman–Crippen MR) is 109 cm³/mol. The van der Waals surface area contributed by atoms with Crippen LogP contribution in [0.5, 0.6) is 5.75 Å². The summed E-state index contributed by atoms with van der Waals surface area (Å²) in [5.41, 5.74) is 0.851. The van der Waals surface area contributed by atoms with Crippen molar-refractivity contribution in [3.05, 3.63) is 29.8 Å². The van der Waals surface area contributed by atoms with Gasteiger partial charge in [-0.2, -0.15) is 0 Å². The van der Waals surface area contributed by atoms with E-state index in [1.54, 1.807) is 7.11 Å². The highest BCUT2D eigenvalue weighted by atomic mass is 16.5. The van der Waals surface area contributed by atoms with Crippen LogP contribution in [0.1, 0.15) is 50.7 Å². The third-order valence-electron chi connectivity index (χ3n) is 5.95. The molecule has 2 heterocycles. The number of aliphatic imine (C=N–C) groups is 1. The number of hydrogen-bond acceptors (Lipinski definition) is 4. The van der Waals surface area contributed by atoms with Crippen LogP contribution in [0.2, 0.25) is 0 Å². The average Bonchev–Trinajstić information content (AvgIpc) is 2.67. The smallest absolute Gasteiger partial charge is 0.191 e. The molecule has 3 rings (SSSR count). The second-order valence-electron chi connectivity index (χ2n) is 7.73. The number of aliphatic hydroxyl groups is 1. The van der Waals surface area contributed by atoms with Crippen LogP contribution >= 0.6 is 0 Å². The Balaban J connectivity index is 1.59. The summed E-state index contributed by atoms with van der Waals surface area (Å²) in [6, 6.07) is 9.32. The first-order valence-corrected chi connectivity index (χ1v) is 10.2. The number of hydrogen-bond donors (Lipinski definition) is 3. The zero-order chi connectivity index (χ0) is 19.2. The average molecular weight is 375 g/mol. The van der Waals surface area contributed by atoms with Crippen molar-refractivity contribution in [2.24, 2.45) is 4.99 Å². The summed E-state index contributed by atoms with van der Waals surface area (Å²) in [5, 5.41) is 17.4. The fourth-order valence-electron chi connectivity index (χ4n) is 4.36. The van der Waals surface area contributed by atoms with E-state index in [2.05, 4.69) is 34.5 Å². The highest BCUT2D eigenvalue weighted by molar-refractivity contribution is 5.80. The van der Waals surface area contributed by atoms with Gasteiger partial charge in [-0.3, -0.25) is 4.99 Å². The zero-order valence-electron chi connectivity index (χ0n) is 16.8. The Morgan fingerprint density at radius 1 is 1.26 bits per heavy atom. The van der Waals surface area contributed by atoms with E-state index in [-0.39, 0.29) is 0 Å². The van der Waals surface area contributed by atoms with Crippen LogP contribution in [0, 0.1) is 0 Å². The SMILES string of the molecule is CCNC(=NCC(O)c1ccc(OC)cc1)NC1CC2CCCC(C1)N2C. The minimum atomic E-state index is -0.622. The molecule has 3 atom stereocenters. The van der Waals surface area contributed by atoms with E-state index in [0.717, 1.165) is 23.8 Å². The van der Waals surface area contributed by atoms with Gasteiger partial charge in [0.15, 0.2) is 5.96 Å². The third-order valence-corrected chi connectivity index (χ3v) is 5.95. The lowest BCUT2D eigenvalue weighted by atomic mass is 9.82. The van der Waals surface area contributed by atoms with Crippen molar-refractivity contribution in [1.29, 1.82) is 0 Å². The molecular weight excluding hydrogens is 340 g/mol. The summed E-state index contributed by atoms with van der Waals surface area (Å²) < 4.78 is 5.17. The molecule has 0 radical (unpaired) electrons. The highest BCUT2D eigenvalue weighted by Gasteiger charge is 2.36. The predicted octanol–water partition coefficient (Wildman–Crippen LogP) is 2.30. The third kappa shape index (κ3) is 5.14. The quantitative estimate of drug-likeness (QED) is 0.527. The maximum Gasteiger partial charge on any atom is 0.191 e. The molecule has 2 aliphatic rings. The molecule has 0 aliphatic carbocycles. The molecule has 150 valence electrons. The van der Waals surface area contributed by atoms with E-state index in [4.69, 9.17) is 4.74 Å². The van der Waals surface area contributed by atoms with Crippen LogP contribution < -0.4 is 15.4 Å². The van der Waals surface area contributed by atoms with Gasteiger partial charge in [0.1, 0.15) is 5.75 Å². The molecule has 2 fully saturated rings. The molecule has 3 N–H and O–H groups in total. The van der Waals surface area contributed by atoms with Crippen LogP contribution in [0.3, 0.4) is 0 Å². The molecule has 1 aromatic carbocycles. The Bertz CT molecular complexity index is 605. The topological polar surface area (TPSA) is 69.1 Å². The van der Waals surface area contributed by atoms with Crippen molar-refractivity contribution in [3.8, 4) is 5.75 Å². The molecule has 0 amide bonds. The van der Waals surface area contributed by atoms with E-state index >= 15 is 0 Å². The molecule has 0 spiro atoms. The van der Waals surface area contributed by atoms with E-state index < -0.39 is 6.10 Å². The van der Waals surface area contributed by atoms with Gasteiger partial charge in [-0.05, 0) is 57.4 Å². The molecule has 27 heavy (non-hydrogen) atoms. The van der Waals surface area contributed by atoms with Crippen molar-refractivity contribution in [2.45, 2.75) is 63.3 Å². The van der Waals surface area contributed by atoms with Crippen molar-refractivity contribution in [2.75, 3.05) is 27.2 Å². The number of nitrogens with zero attached hydrogens (tertiary/aromatic N) is 2. The molecular formula is C21H34N4O2. The second-order valence-corrected chi connectivity index (χ2v) is 7.73. The fraction of sp³-hybridized carbons (Fsp3) is 0.667. The number of rotatable bonds is 6. The van der Waals surface area contributed by atoms with Gasteiger partial charge >= 0.3 is 0 Å². The molecule has 2 aliphatic heterocycles. The van der Waals surface area contributed by atoms with E-state index in [9.17, 15) is 5.11 Å². The fourth-order valence-corrected chi connectivity index (χ4v) is 4.36. The number of piperidine rings is 2. The molecule has 1 aromatic rings. The maximum atomic E-state index is 10.5. The largest absolute Gasteiger partial charge is 0.497 e. The minimum Gasteiger partial charge on any atom is -0.497 e. The van der Waals surface area contributed by atoms with Gasteiger partial charge in [-0.1, -0.05) is 18.6 Å². The van der Waals surface area contributed by atoms with E-state index in [1.807, 2.05) is 24.3 Å². The van der Waals surface area contributed by atoms with Crippen LogP contribution in [-0.4, -0.2) is 61.3 Å². The van der Waals surface area contributed by atoms with Gasteiger partial charge < -0.3 is 25.4 Å². The van der Waals surface area contributed by atoms with Gasteiger partial charge in [-0.15, -0.1) is 0 Å². The Hall–Kier alpha value is -1.79. The molecule has 2 saturated heterocycles. The molecule has 6 heteroatoms. The normalized spacial score (nSPS) is 27.1. The van der Waals surface area contributed by atoms with Gasteiger partial charge in [0, 0.05) is 24.7 Å². The summed E-state index contributed by atoms with van der Waals surface area (Å²) in [6.45, 7) is 3.21. The summed E-state index contributed by atoms with van der Waals surface area (Å²) in [4.78, 5) is 7.21. The van der Waals surface area contributed by atoms with Crippen molar-refractivity contribution in [1.82, 2.24) is 15.5 Å². The minimum absolute atomic E-state index is 0.334. The van der Waals surface area contributed by atoms with Crippen LogP contribution in [0.25, 0.3) is 0 Å². The number of aliphatic hydroxyl groups excluding tert-OH is 1. The molecule has 0 saturated carbocycles. The summed E-state index contributed by atoms with van der Waals surface area (Å²) >= 11 is 0. The van der Waals surface area contributed by atoms with E-state index in [1.165, 1.54) is 32.1 Å². The monoisotopic (exact) mass is 374 g/mol. The lowest BCUT2D eigenvalue weighted by Gasteiger charge is -2.47. The zero-order valence-corrected chi connectivity index (χ0v) is 16.8. The van der Waals surface area contributed by atoms with Crippen LogP contribution in [0.15, 0.2) is 29.3 Å². The van der Waals surface area contributed by atoms with Crippen molar-refractivity contribution in [3.63, 3.8) is 0 Å². The highest BCUT2D eigenvalue weighted by Crippen LogP contribution is 2.32. The van der Waals surface area contributed by atoms with Gasteiger partial charge in [-0.25, -0.2) is 0 Å². The standard InChI is InChI=1S/C21H34N4O2/c1-4-22-21(23-14-20(26)15-8-10-19(27-3)11-9-15)24-16-12-17-6-5-7-18(13-16)25(17)2/h8-11,16-18,20,26H,4-7,12-14H2,1-3H3,(H2,22,23,24). The Kier molecular flexibility index (Phi) is 6.96. The summed E-state index contributed by atoms with van der Waals surface area (Å²) in [7, 11) is 3.91. The molecule has 6 nitrogen and oxygen atoms in total. The number of ether oxygens (including phenoxy) is 1.